The fourth-order valence-electron chi connectivity index (χ4n) is 5.66. The lowest BCUT2D eigenvalue weighted by atomic mass is 9.91. The van der Waals surface area contributed by atoms with Crippen LogP contribution in [0.2, 0.25) is 0 Å². The molecule has 8 heteroatoms. The summed E-state index contributed by atoms with van der Waals surface area (Å²) < 4.78 is 12.9. The van der Waals surface area contributed by atoms with Gasteiger partial charge in [-0.25, -0.2) is 0 Å². The van der Waals surface area contributed by atoms with Crippen LogP contribution in [-0.4, -0.2) is 84.3 Å². The first-order valence-electron chi connectivity index (χ1n) is 12.6. The van der Waals surface area contributed by atoms with Gasteiger partial charge in [0, 0.05) is 43.7 Å². The average Bonchev–Trinajstić information content (AvgIpc) is 3.22. The van der Waals surface area contributed by atoms with Gasteiger partial charge in [-0.2, -0.15) is 0 Å². The Balaban J connectivity index is 1.47. The second-order valence-corrected chi connectivity index (χ2v) is 10.0. The van der Waals surface area contributed by atoms with Crippen molar-refractivity contribution in [2.24, 2.45) is 0 Å². The number of rotatable bonds is 6. The molecule has 1 aliphatic carbocycles. The van der Waals surface area contributed by atoms with E-state index in [1.54, 1.807) is 7.11 Å². The van der Waals surface area contributed by atoms with E-state index in [1.807, 2.05) is 40.7 Å². The fraction of sp³-hybridized carbons (Fsp3) is 0.615. The number of carbonyl (C=O) groups excluding carboxylic acids is 2. The Hall–Kier alpha value is -2.58. The predicted molar refractivity (Wildman–Crippen MR) is 130 cm³/mol. The van der Waals surface area contributed by atoms with Crippen molar-refractivity contribution in [1.82, 2.24) is 19.7 Å². The molecule has 2 aromatic rings. The second-order valence-electron chi connectivity index (χ2n) is 10.0. The molecule has 0 unspecified atom stereocenters. The summed E-state index contributed by atoms with van der Waals surface area (Å²) in [5.41, 5.74) is 0.587. The number of benzene rings is 1. The molecule has 1 atom stereocenters. The van der Waals surface area contributed by atoms with Crippen molar-refractivity contribution in [2.45, 2.75) is 57.2 Å². The summed E-state index contributed by atoms with van der Waals surface area (Å²) in [4.78, 5) is 31.8. The first kappa shape index (κ1) is 23.2. The Morgan fingerprint density at radius 3 is 2.65 bits per heavy atom. The summed E-state index contributed by atoms with van der Waals surface area (Å²) in [5.74, 6) is 0.602. The fourth-order valence-corrected chi connectivity index (χ4v) is 5.66. The van der Waals surface area contributed by atoms with Crippen molar-refractivity contribution < 1.29 is 19.1 Å². The predicted octanol–water partition coefficient (Wildman–Crippen LogP) is 2.65. The van der Waals surface area contributed by atoms with Crippen molar-refractivity contribution in [3.8, 4) is 5.75 Å². The van der Waals surface area contributed by atoms with Crippen LogP contribution >= 0.6 is 0 Å². The van der Waals surface area contributed by atoms with E-state index in [4.69, 9.17) is 9.47 Å². The summed E-state index contributed by atoms with van der Waals surface area (Å²) in [6, 6.07) is 7.97. The van der Waals surface area contributed by atoms with Gasteiger partial charge >= 0.3 is 0 Å². The van der Waals surface area contributed by atoms with Crippen LogP contribution in [0.3, 0.4) is 0 Å². The van der Waals surface area contributed by atoms with Gasteiger partial charge in [0.2, 0.25) is 5.91 Å². The number of amides is 2. The Bertz CT molecular complexity index is 1050. The third-order valence-electron chi connectivity index (χ3n) is 7.81. The highest BCUT2D eigenvalue weighted by Gasteiger charge is 2.48. The van der Waals surface area contributed by atoms with E-state index in [2.05, 4.69) is 10.2 Å². The molecule has 34 heavy (non-hydrogen) atoms. The lowest BCUT2D eigenvalue weighted by Gasteiger charge is -2.45. The van der Waals surface area contributed by atoms with Gasteiger partial charge in [-0.05, 0) is 38.0 Å². The van der Waals surface area contributed by atoms with Crippen LogP contribution in [0.25, 0.3) is 10.9 Å². The first-order chi connectivity index (χ1) is 16.5. The van der Waals surface area contributed by atoms with Crippen molar-refractivity contribution >= 4 is 22.7 Å². The Kier molecular flexibility index (Phi) is 6.53. The minimum Gasteiger partial charge on any atom is -0.497 e. The molecule has 2 aliphatic heterocycles. The number of methoxy groups -OCH3 is 1. The first-order valence-corrected chi connectivity index (χ1v) is 12.6. The van der Waals surface area contributed by atoms with Gasteiger partial charge < -0.3 is 24.3 Å². The number of aromatic nitrogens is 1. The van der Waals surface area contributed by atoms with Crippen LogP contribution in [0.4, 0.5) is 0 Å². The van der Waals surface area contributed by atoms with E-state index in [-0.39, 0.29) is 17.9 Å². The number of ether oxygens (including phenoxy) is 2. The third kappa shape index (κ3) is 4.29. The normalized spacial score (nSPS) is 24.3. The summed E-state index contributed by atoms with van der Waals surface area (Å²) in [6.45, 7) is 6.73. The summed E-state index contributed by atoms with van der Waals surface area (Å²) in [6.07, 6.45) is 5.55. The molecular formula is C26H36N4O4. The van der Waals surface area contributed by atoms with Gasteiger partial charge in [0.05, 0.1) is 32.4 Å². The highest BCUT2D eigenvalue weighted by atomic mass is 16.5. The lowest BCUT2D eigenvalue weighted by Crippen LogP contribution is -2.66. The standard InChI is InChI=1S/C26H36N4O4/c1-26(25(32)27-20-6-4-3-5-7-20)18-29-22-17-21(33-2)9-8-19(22)16-23(29)24(31)30(26)11-10-28-12-14-34-15-13-28/h8-9,16-17,20H,3-7,10-15,18H2,1-2H3,(H,27,32)/t26-/m1/s1. The maximum atomic E-state index is 13.9. The molecule has 3 aliphatic rings. The van der Waals surface area contributed by atoms with Gasteiger partial charge in [0.25, 0.3) is 5.91 Å². The number of carbonyl (C=O) groups is 2. The Labute approximate surface area is 201 Å². The highest BCUT2D eigenvalue weighted by Crippen LogP contribution is 2.34. The monoisotopic (exact) mass is 468 g/mol. The summed E-state index contributed by atoms with van der Waals surface area (Å²) in [5, 5.41) is 4.29. The van der Waals surface area contributed by atoms with E-state index in [1.165, 1.54) is 6.42 Å². The van der Waals surface area contributed by atoms with Crippen LogP contribution in [-0.2, 0) is 16.1 Å². The maximum Gasteiger partial charge on any atom is 0.271 e. The van der Waals surface area contributed by atoms with Gasteiger partial charge in [-0.15, -0.1) is 0 Å². The lowest BCUT2D eigenvalue weighted by molar-refractivity contribution is -0.134. The molecular weight excluding hydrogens is 432 g/mol. The molecule has 5 rings (SSSR count). The molecule has 1 N–H and O–H groups in total. The van der Waals surface area contributed by atoms with E-state index in [0.717, 1.165) is 62.0 Å². The zero-order valence-electron chi connectivity index (χ0n) is 20.3. The third-order valence-corrected chi connectivity index (χ3v) is 7.81. The minimum absolute atomic E-state index is 0.0508. The number of fused-ring (bicyclic) bond motifs is 3. The van der Waals surface area contributed by atoms with Gasteiger partial charge in [0.1, 0.15) is 17.0 Å². The molecule has 1 aromatic carbocycles. The van der Waals surface area contributed by atoms with E-state index in [9.17, 15) is 9.59 Å². The molecule has 1 saturated carbocycles. The smallest absolute Gasteiger partial charge is 0.271 e. The number of nitrogens with zero attached hydrogens (tertiary/aromatic N) is 3. The molecule has 184 valence electrons. The second kappa shape index (κ2) is 9.58. The van der Waals surface area contributed by atoms with E-state index < -0.39 is 5.54 Å². The maximum absolute atomic E-state index is 13.9. The van der Waals surface area contributed by atoms with Crippen molar-refractivity contribution in [2.75, 3.05) is 46.5 Å². The van der Waals surface area contributed by atoms with Gasteiger partial charge in [-0.3, -0.25) is 14.5 Å². The largest absolute Gasteiger partial charge is 0.497 e. The Morgan fingerprint density at radius 1 is 1.15 bits per heavy atom. The molecule has 1 saturated heterocycles. The van der Waals surface area contributed by atoms with E-state index >= 15 is 0 Å². The van der Waals surface area contributed by atoms with Crippen molar-refractivity contribution in [3.05, 3.63) is 30.0 Å². The number of hydrogen-bond acceptors (Lipinski definition) is 5. The molecule has 8 nitrogen and oxygen atoms in total. The zero-order chi connectivity index (χ0) is 23.7. The van der Waals surface area contributed by atoms with Crippen LogP contribution in [0.15, 0.2) is 24.3 Å². The average molecular weight is 469 g/mol. The van der Waals surface area contributed by atoms with Crippen molar-refractivity contribution in [3.63, 3.8) is 0 Å². The number of nitrogens with one attached hydrogen (secondary N) is 1. The van der Waals surface area contributed by atoms with Crippen molar-refractivity contribution in [1.29, 1.82) is 0 Å². The molecule has 1 aromatic heterocycles. The SMILES string of the molecule is COc1ccc2cc3n(c2c1)C[C@](C)(C(=O)NC1CCCCC1)N(CCN1CCOCC1)C3=O. The van der Waals surface area contributed by atoms with Gasteiger partial charge in [0.15, 0.2) is 0 Å². The Morgan fingerprint density at radius 2 is 1.91 bits per heavy atom. The molecule has 2 amide bonds. The molecule has 0 radical (unpaired) electrons. The van der Waals surface area contributed by atoms with Crippen LogP contribution in [0, 0.1) is 0 Å². The minimum atomic E-state index is -0.969. The summed E-state index contributed by atoms with van der Waals surface area (Å²) >= 11 is 0. The summed E-state index contributed by atoms with van der Waals surface area (Å²) in [7, 11) is 1.64. The van der Waals surface area contributed by atoms with Crippen LogP contribution < -0.4 is 10.1 Å². The van der Waals surface area contributed by atoms with E-state index in [0.29, 0.717) is 32.0 Å². The van der Waals surface area contributed by atoms with Crippen LogP contribution in [0.1, 0.15) is 49.5 Å². The number of morpholine rings is 1. The molecule has 2 fully saturated rings. The zero-order valence-corrected chi connectivity index (χ0v) is 20.3. The highest BCUT2D eigenvalue weighted by molar-refractivity contribution is 6.03. The quantitative estimate of drug-likeness (QED) is 0.706. The van der Waals surface area contributed by atoms with Gasteiger partial charge in [-0.1, -0.05) is 19.3 Å². The topological polar surface area (TPSA) is 76.0 Å². The molecule has 3 heterocycles. The molecule has 0 bridgehead atoms. The number of hydrogen-bond donors (Lipinski definition) is 1. The van der Waals surface area contributed by atoms with Crippen LogP contribution in [0.5, 0.6) is 5.75 Å². The molecule has 0 spiro atoms.